The summed E-state index contributed by atoms with van der Waals surface area (Å²) in [6.07, 6.45) is 0. The lowest BCUT2D eigenvalue weighted by Gasteiger charge is -2.25. The average Bonchev–Trinajstić information content (AvgIpc) is 2.72. The van der Waals surface area contributed by atoms with Gasteiger partial charge >= 0.3 is 0 Å². The van der Waals surface area contributed by atoms with E-state index in [9.17, 15) is 15.0 Å². The van der Waals surface area contributed by atoms with Crippen molar-refractivity contribution < 1.29 is 10.2 Å². The van der Waals surface area contributed by atoms with Gasteiger partial charge in [0, 0.05) is 4.88 Å². The quantitative estimate of drug-likeness (QED) is 0.642. The van der Waals surface area contributed by atoms with Crippen molar-refractivity contribution >= 4 is 21.6 Å². The second-order valence-corrected chi connectivity index (χ2v) is 6.41. The minimum absolute atomic E-state index is 0.150. The van der Waals surface area contributed by atoms with Crippen LogP contribution in [-0.4, -0.2) is 38.9 Å². The Morgan fingerprint density at radius 1 is 1.35 bits per heavy atom. The summed E-state index contributed by atoms with van der Waals surface area (Å²) in [6.45, 7) is 5.45. The van der Waals surface area contributed by atoms with Gasteiger partial charge in [-0.2, -0.15) is 0 Å². The summed E-state index contributed by atoms with van der Waals surface area (Å²) in [5.74, 6) is 0.497. The molecule has 2 rings (SSSR count). The van der Waals surface area contributed by atoms with Gasteiger partial charge < -0.3 is 20.5 Å². The molecule has 0 aliphatic heterocycles. The zero-order valence-corrected chi connectivity index (χ0v) is 12.6. The molecule has 0 bridgehead atoms. The maximum absolute atomic E-state index is 12.1. The number of aromatic nitrogens is 2. The summed E-state index contributed by atoms with van der Waals surface area (Å²) < 4.78 is 0. The Morgan fingerprint density at radius 2 is 2.00 bits per heavy atom. The Bertz CT molecular complexity index is 673. The van der Waals surface area contributed by atoms with Gasteiger partial charge in [-0.25, -0.2) is 4.98 Å². The molecule has 0 saturated heterocycles. The first-order chi connectivity index (χ1) is 9.40. The Hall–Kier alpha value is -1.28. The molecule has 0 radical (unpaired) electrons. The second kappa shape index (κ2) is 5.61. The predicted molar refractivity (Wildman–Crippen MR) is 79.1 cm³/mol. The fourth-order valence-electron chi connectivity index (χ4n) is 1.84. The number of rotatable bonds is 5. The van der Waals surface area contributed by atoms with Gasteiger partial charge in [-0.15, -0.1) is 11.3 Å². The van der Waals surface area contributed by atoms with Crippen molar-refractivity contribution in [3.8, 4) is 0 Å². The molecule has 0 fully saturated rings. The molecule has 0 atom stereocenters. The smallest absolute Gasteiger partial charge is 0.259 e. The van der Waals surface area contributed by atoms with Gasteiger partial charge in [0.05, 0.1) is 30.7 Å². The number of fused-ring (bicyclic) bond motifs is 1. The first kappa shape index (κ1) is 15.1. The molecule has 0 unspecified atom stereocenters. The van der Waals surface area contributed by atoms with Crippen LogP contribution in [0, 0.1) is 13.8 Å². The van der Waals surface area contributed by atoms with Crippen LogP contribution in [-0.2, 0) is 6.54 Å². The SMILES string of the molecule is Cc1sc2nc(CNC(C)(CO)CO)[nH]c(=O)c2c1C. The lowest BCUT2D eigenvalue weighted by Crippen LogP contribution is -2.48. The van der Waals surface area contributed by atoms with E-state index in [1.807, 2.05) is 13.8 Å². The van der Waals surface area contributed by atoms with E-state index in [1.54, 1.807) is 6.92 Å². The standard InChI is InChI=1S/C13H19N3O3S/c1-7-8(2)20-12-10(7)11(19)15-9(16-12)4-14-13(3,5-17)6-18/h14,17-18H,4-6H2,1-3H3,(H,15,16,19). The zero-order valence-electron chi connectivity index (χ0n) is 11.8. The number of thiophene rings is 1. The van der Waals surface area contributed by atoms with Crippen LogP contribution in [0.3, 0.4) is 0 Å². The predicted octanol–water partition coefficient (Wildman–Crippen LogP) is 0.434. The number of aliphatic hydroxyl groups excluding tert-OH is 2. The normalized spacial score (nSPS) is 12.2. The van der Waals surface area contributed by atoms with Crippen molar-refractivity contribution in [1.82, 2.24) is 15.3 Å². The summed E-state index contributed by atoms with van der Waals surface area (Å²) in [5, 5.41) is 22.1. The number of hydrogen-bond donors (Lipinski definition) is 4. The summed E-state index contributed by atoms with van der Waals surface area (Å²) in [5.41, 5.74) is 0.0200. The van der Waals surface area contributed by atoms with Crippen LogP contribution in [0.15, 0.2) is 4.79 Å². The molecule has 7 heteroatoms. The summed E-state index contributed by atoms with van der Waals surface area (Å²) >= 11 is 1.49. The molecular weight excluding hydrogens is 278 g/mol. The third-order valence-electron chi connectivity index (χ3n) is 3.47. The van der Waals surface area contributed by atoms with Crippen LogP contribution >= 0.6 is 11.3 Å². The van der Waals surface area contributed by atoms with E-state index in [1.165, 1.54) is 11.3 Å². The Kier molecular flexibility index (Phi) is 4.24. The molecule has 0 spiro atoms. The maximum atomic E-state index is 12.1. The minimum Gasteiger partial charge on any atom is -0.394 e. The van der Waals surface area contributed by atoms with Gasteiger partial charge in [0.25, 0.3) is 5.56 Å². The van der Waals surface area contributed by atoms with Crippen molar-refractivity contribution in [2.24, 2.45) is 0 Å². The number of H-pyrrole nitrogens is 1. The summed E-state index contributed by atoms with van der Waals surface area (Å²) in [7, 11) is 0. The lowest BCUT2D eigenvalue weighted by molar-refractivity contribution is 0.102. The summed E-state index contributed by atoms with van der Waals surface area (Å²) in [4.78, 5) is 21.0. The number of aromatic amines is 1. The lowest BCUT2D eigenvalue weighted by atomic mass is 10.1. The summed E-state index contributed by atoms with van der Waals surface area (Å²) in [6, 6.07) is 0. The van der Waals surface area contributed by atoms with Crippen molar-refractivity contribution in [3.63, 3.8) is 0 Å². The van der Waals surface area contributed by atoms with Crippen molar-refractivity contribution in [2.45, 2.75) is 32.9 Å². The fraction of sp³-hybridized carbons (Fsp3) is 0.538. The van der Waals surface area contributed by atoms with Crippen LogP contribution in [0.5, 0.6) is 0 Å². The maximum Gasteiger partial charge on any atom is 0.259 e. The first-order valence-electron chi connectivity index (χ1n) is 6.36. The van der Waals surface area contributed by atoms with Crippen LogP contribution in [0.2, 0.25) is 0 Å². The molecule has 2 aromatic heterocycles. The highest BCUT2D eigenvalue weighted by Crippen LogP contribution is 2.25. The molecule has 20 heavy (non-hydrogen) atoms. The highest BCUT2D eigenvalue weighted by atomic mass is 32.1. The Balaban J connectivity index is 2.31. The molecule has 4 N–H and O–H groups in total. The molecule has 0 aliphatic carbocycles. The van der Waals surface area contributed by atoms with Gasteiger partial charge in [0.2, 0.25) is 0 Å². The van der Waals surface area contributed by atoms with Crippen LogP contribution in [0.25, 0.3) is 10.2 Å². The van der Waals surface area contributed by atoms with Crippen LogP contribution in [0.1, 0.15) is 23.2 Å². The number of aliphatic hydroxyl groups is 2. The van der Waals surface area contributed by atoms with E-state index in [4.69, 9.17) is 0 Å². The zero-order chi connectivity index (χ0) is 14.9. The molecule has 0 aliphatic rings. The average molecular weight is 297 g/mol. The van der Waals surface area contributed by atoms with Crippen molar-refractivity contribution in [2.75, 3.05) is 13.2 Å². The Labute approximate surface area is 120 Å². The van der Waals surface area contributed by atoms with Crippen LogP contribution in [0.4, 0.5) is 0 Å². The molecule has 6 nitrogen and oxygen atoms in total. The van der Waals surface area contributed by atoms with E-state index in [-0.39, 0.29) is 25.3 Å². The topological polar surface area (TPSA) is 98.2 Å². The number of aryl methyl sites for hydroxylation is 2. The van der Waals surface area contributed by atoms with Crippen LogP contribution < -0.4 is 10.9 Å². The third kappa shape index (κ3) is 2.76. The highest BCUT2D eigenvalue weighted by molar-refractivity contribution is 7.18. The number of nitrogens with one attached hydrogen (secondary N) is 2. The molecule has 0 amide bonds. The fourth-order valence-corrected chi connectivity index (χ4v) is 2.89. The van der Waals surface area contributed by atoms with E-state index >= 15 is 0 Å². The minimum atomic E-state index is -0.797. The molecule has 2 heterocycles. The molecule has 2 aromatic rings. The van der Waals surface area contributed by atoms with E-state index in [0.29, 0.717) is 11.2 Å². The van der Waals surface area contributed by atoms with E-state index in [2.05, 4.69) is 15.3 Å². The number of nitrogens with zero attached hydrogens (tertiary/aromatic N) is 1. The van der Waals surface area contributed by atoms with Gasteiger partial charge in [0.1, 0.15) is 10.7 Å². The number of hydrogen-bond acceptors (Lipinski definition) is 6. The Morgan fingerprint density at radius 3 is 2.60 bits per heavy atom. The van der Waals surface area contributed by atoms with Gasteiger partial charge in [0.15, 0.2) is 0 Å². The van der Waals surface area contributed by atoms with E-state index in [0.717, 1.165) is 15.3 Å². The first-order valence-corrected chi connectivity index (χ1v) is 7.17. The van der Waals surface area contributed by atoms with Gasteiger partial charge in [-0.05, 0) is 26.3 Å². The van der Waals surface area contributed by atoms with Crippen molar-refractivity contribution in [1.29, 1.82) is 0 Å². The van der Waals surface area contributed by atoms with Gasteiger partial charge in [-0.1, -0.05) is 0 Å². The molecule has 110 valence electrons. The second-order valence-electron chi connectivity index (χ2n) is 5.21. The molecule has 0 aromatic carbocycles. The largest absolute Gasteiger partial charge is 0.394 e. The monoisotopic (exact) mass is 297 g/mol. The highest BCUT2D eigenvalue weighted by Gasteiger charge is 2.22. The van der Waals surface area contributed by atoms with Crippen molar-refractivity contribution in [3.05, 3.63) is 26.6 Å². The molecular formula is C13H19N3O3S. The van der Waals surface area contributed by atoms with Gasteiger partial charge in [-0.3, -0.25) is 4.79 Å². The third-order valence-corrected chi connectivity index (χ3v) is 4.57. The van der Waals surface area contributed by atoms with E-state index < -0.39 is 5.54 Å². The molecule has 0 saturated carbocycles.